The average molecular weight is 338 g/mol. The molecule has 0 unspecified atom stereocenters. The number of carbonyl (C=O) groups excluding carboxylic acids is 1. The fourth-order valence-electron chi connectivity index (χ4n) is 3.04. The fraction of sp³-hybridized carbons (Fsp3) is 0.263. The Kier molecular flexibility index (Phi) is 4.28. The SMILES string of the molecule is O=C(c1cc2ccccc2s1)N(C[C@H]1CCCO1)c1ccncc1. The number of rotatable bonds is 4. The van der Waals surface area contributed by atoms with Gasteiger partial charge in [-0.1, -0.05) is 18.2 Å². The summed E-state index contributed by atoms with van der Waals surface area (Å²) in [4.78, 5) is 19.8. The van der Waals surface area contributed by atoms with Crippen LogP contribution in [0.15, 0.2) is 54.9 Å². The molecule has 0 saturated carbocycles. The predicted octanol–water partition coefficient (Wildman–Crippen LogP) is 4.12. The van der Waals surface area contributed by atoms with Crippen LogP contribution >= 0.6 is 11.3 Å². The van der Waals surface area contributed by atoms with Gasteiger partial charge in [0.2, 0.25) is 0 Å². The summed E-state index contributed by atoms with van der Waals surface area (Å²) in [6, 6.07) is 13.8. The van der Waals surface area contributed by atoms with Crippen LogP contribution in [-0.4, -0.2) is 30.1 Å². The Morgan fingerprint density at radius 1 is 1.25 bits per heavy atom. The number of hydrogen-bond donors (Lipinski definition) is 0. The second-order valence-corrected chi connectivity index (χ2v) is 6.99. The minimum absolute atomic E-state index is 0.0258. The van der Waals surface area contributed by atoms with Crippen molar-refractivity contribution in [1.82, 2.24) is 4.98 Å². The van der Waals surface area contributed by atoms with Gasteiger partial charge in [-0.25, -0.2) is 0 Å². The Morgan fingerprint density at radius 2 is 2.08 bits per heavy atom. The summed E-state index contributed by atoms with van der Waals surface area (Å²) in [6.45, 7) is 1.36. The molecule has 5 heteroatoms. The molecule has 24 heavy (non-hydrogen) atoms. The molecule has 1 saturated heterocycles. The van der Waals surface area contributed by atoms with E-state index in [1.165, 1.54) is 11.3 Å². The molecule has 0 aliphatic carbocycles. The second-order valence-electron chi connectivity index (χ2n) is 5.90. The first-order valence-electron chi connectivity index (χ1n) is 8.13. The highest BCUT2D eigenvalue weighted by Gasteiger charge is 2.25. The second kappa shape index (κ2) is 6.71. The van der Waals surface area contributed by atoms with Gasteiger partial charge in [0, 0.05) is 29.4 Å². The molecule has 1 amide bonds. The first-order chi connectivity index (χ1) is 11.8. The van der Waals surface area contributed by atoms with Crippen molar-refractivity contribution >= 4 is 33.0 Å². The Labute approximate surface area is 144 Å². The van der Waals surface area contributed by atoms with Gasteiger partial charge in [-0.2, -0.15) is 0 Å². The number of fused-ring (bicyclic) bond motifs is 1. The molecule has 1 atom stereocenters. The normalized spacial score (nSPS) is 17.2. The molecule has 122 valence electrons. The molecular weight excluding hydrogens is 320 g/mol. The van der Waals surface area contributed by atoms with Crippen molar-refractivity contribution in [2.75, 3.05) is 18.1 Å². The number of amides is 1. The van der Waals surface area contributed by atoms with Crippen molar-refractivity contribution in [1.29, 1.82) is 0 Å². The van der Waals surface area contributed by atoms with E-state index in [1.807, 2.05) is 47.4 Å². The van der Waals surface area contributed by atoms with Crippen LogP contribution in [0, 0.1) is 0 Å². The van der Waals surface area contributed by atoms with E-state index in [2.05, 4.69) is 4.98 Å². The number of hydrogen-bond acceptors (Lipinski definition) is 4. The number of pyridine rings is 1. The smallest absolute Gasteiger partial charge is 0.268 e. The average Bonchev–Trinajstić information content (AvgIpc) is 3.29. The molecule has 0 spiro atoms. The molecule has 1 fully saturated rings. The number of thiophene rings is 1. The van der Waals surface area contributed by atoms with E-state index in [0.717, 1.165) is 40.1 Å². The lowest BCUT2D eigenvalue weighted by Crippen LogP contribution is -2.37. The van der Waals surface area contributed by atoms with E-state index in [4.69, 9.17) is 4.74 Å². The third-order valence-corrected chi connectivity index (χ3v) is 5.37. The van der Waals surface area contributed by atoms with Gasteiger partial charge in [-0.05, 0) is 42.5 Å². The van der Waals surface area contributed by atoms with Crippen LogP contribution in [0.2, 0.25) is 0 Å². The van der Waals surface area contributed by atoms with Gasteiger partial charge in [0.1, 0.15) is 0 Å². The standard InChI is InChI=1S/C19H18N2O2S/c22-19(18-12-14-4-1-2-6-17(14)24-18)21(13-16-5-3-11-23-16)15-7-9-20-10-8-15/h1-2,4,6-10,12,16H,3,5,11,13H2/t16-/m1/s1. The number of anilines is 1. The zero-order chi connectivity index (χ0) is 16.4. The van der Waals surface area contributed by atoms with Crippen LogP contribution < -0.4 is 4.90 Å². The highest BCUT2D eigenvalue weighted by molar-refractivity contribution is 7.20. The number of carbonyl (C=O) groups is 1. The zero-order valence-electron chi connectivity index (χ0n) is 13.2. The minimum atomic E-state index is 0.0258. The maximum Gasteiger partial charge on any atom is 0.268 e. The number of ether oxygens (including phenoxy) is 1. The van der Waals surface area contributed by atoms with Crippen LogP contribution in [0.5, 0.6) is 0 Å². The van der Waals surface area contributed by atoms with Crippen molar-refractivity contribution in [2.45, 2.75) is 18.9 Å². The molecule has 3 aromatic rings. The lowest BCUT2D eigenvalue weighted by molar-refractivity contribution is 0.0921. The van der Waals surface area contributed by atoms with Gasteiger partial charge < -0.3 is 9.64 Å². The van der Waals surface area contributed by atoms with Crippen LogP contribution in [0.1, 0.15) is 22.5 Å². The first kappa shape index (κ1) is 15.3. The molecule has 0 bridgehead atoms. The van der Waals surface area contributed by atoms with Crippen LogP contribution in [0.3, 0.4) is 0 Å². The third kappa shape index (κ3) is 3.05. The topological polar surface area (TPSA) is 42.4 Å². The zero-order valence-corrected chi connectivity index (χ0v) is 14.0. The number of aromatic nitrogens is 1. The van der Waals surface area contributed by atoms with E-state index < -0.39 is 0 Å². The summed E-state index contributed by atoms with van der Waals surface area (Å²) >= 11 is 1.54. The molecule has 1 aliphatic heterocycles. The Bertz CT molecular complexity index is 808. The summed E-state index contributed by atoms with van der Waals surface area (Å²) in [5.41, 5.74) is 0.864. The lowest BCUT2D eigenvalue weighted by atomic mass is 10.2. The van der Waals surface area contributed by atoms with E-state index in [1.54, 1.807) is 12.4 Å². The van der Waals surface area contributed by atoms with Gasteiger partial charge >= 0.3 is 0 Å². The molecule has 2 aromatic heterocycles. The summed E-state index contributed by atoms with van der Waals surface area (Å²) < 4.78 is 6.88. The lowest BCUT2D eigenvalue weighted by Gasteiger charge is -2.25. The van der Waals surface area contributed by atoms with Crippen LogP contribution in [-0.2, 0) is 4.74 Å². The molecular formula is C19H18N2O2S. The summed E-state index contributed by atoms with van der Waals surface area (Å²) in [6.07, 6.45) is 5.61. The molecule has 4 nitrogen and oxygen atoms in total. The van der Waals surface area contributed by atoms with Crippen LogP contribution in [0.25, 0.3) is 10.1 Å². The monoisotopic (exact) mass is 338 g/mol. The van der Waals surface area contributed by atoms with Gasteiger partial charge in [0.25, 0.3) is 5.91 Å². The fourth-order valence-corrected chi connectivity index (χ4v) is 4.05. The Morgan fingerprint density at radius 3 is 2.83 bits per heavy atom. The number of nitrogens with zero attached hydrogens (tertiary/aromatic N) is 2. The highest BCUT2D eigenvalue weighted by Crippen LogP contribution is 2.28. The maximum atomic E-state index is 13.2. The summed E-state index contributed by atoms with van der Waals surface area (Å²) in [5, 5.41) is 1.11. The molecule has 0 N–H and O–H groups in total. The Balaban J connectivity index is 1.67. The van der Waals surface area contributed by atoms with Crippen molar-refractivity contribution in [3.8, 4) is 0 Å². The van der Waals surface area contributed by atoms with Crippen LogP contribution in [0.4, 0.5) is 5.69 Å². The third-order valence-electron chi connectivity index (χ3n) is 4.27. The van der Waals surface area contributed by atoms with E-state index in [-0.39, 0.29) is 12.0 Å². The quantitative estimate of drug-likeness (QED) is 0.718. The maximum absolute atomic E-state index is 13.2. The van der Waals surface area contributed by atoms with Crippen molar-refractivity contribution in [3.63, 3.8) is 0 Å². The predicted molar refractivity (Wildman–Crippen MR) is 96.7 cm³/mol. The van der Waals surface area contributed by atoms with E-state index >= 15 is 0 Å². The molecule has 0 radical (unpaired) electrons. The van der Waals surface area contributed by atoms with Crippen molar-refractivity contribution in [2.24, 2.45) is 0 Å². The Hall–Kier alpha value is -2.24. The molecule has 1 aliphatic rings. The largest absolute Gasteiger partial charge is 0.376 e. The molecule has 4 rings (SSSR count). The minimum Gasteiger partial charge on any atom is -0.376 e. The van der Waals surface area contributed by atoms with Gasteiger partial charge in [0.15, 0.2) is 0 Å². The van der Waals surface area contributed by atoms with Gasteiger partial charge in [-0.3, -0.25) is 9.78 Å². The van der Waals surface area contributed by atoms with Crippen molar-refractivity contribution < 1.29 is 9.53 Å². The van der Waals surface area contributed by atoms with Gasteiger partial charge in [0.05, 0.1) is 17.5 Å². The van der Waals surface area contributed by atoms with E-state index in [0.29, 0.717) is 6.54 Å². The molecule has 3 heterocycles. The highest BCUT2D eigenvalue weighted by atomic mass is 32.1. The molecule has 1 aromatic carbocycles. The van der Waals surface area contributed by atoms with E-state index in [9.17, 15) is 4.79 Å². The van der Waals surface area contributed by atoms with Gasteiger partial charge in [-0.15, -0.1) is 11.3 Å². The first-order valence-corrected chi connectivity index (χ1v) is 8.95. The van der Waals surface area contributed by atoms with Crippen molar-refractivity contribution in [3.05, 3.63) is 59.7 Å². The summed E-state index contributed by atoms with van der Waals surface area (Å²) in [7, 11) is 0. The number of benzene rings is 1. The summed E-state index contributed by atoms with van der Waals surface area (Å²) in [5.74, 6) is 0.0258.